The van der Waals surface area contributed by atoms with Crippen LogP contribution in [0.5, 0.6) is 5.75 Å². The van der Waals surface area contributed by atoms with Gasteiger partial charge in [-0.05, 0) is 50.6 Å². The highest BCUT2D eigenvalue weighted by molar-refractivity contribution is 5.97. The van der Waals surface area contributed by atoms with Gasteiger partial charge in [-0.25, -0.2) is 0 Å². The first-order chi connectivity index (χ1) is 10.9. The molecular weight excluding hydrogens is 290 g/mol. The highest BCUT2D eigenvalue weighted by Gasteiger charge is 2.30. The standard InChI is InChI=1S/C19H23NO3/c1-4-23-17-11-7-15(8-12-17)13-19(3,22)18(21)20-16-9-5-14(2)6-10-16/h5-12,22H,4,13H2,1-3H3,(H,20,21). The smallest absolute Gasteiger partial charge is 0.256 e. The Hall–Kier alpha value is -2.33. The van der Waals surface area contributed by atoms with Crippen LogP contribution in [0.3, 0.4) is 0 Å². The molecule has 0 fully saturated rings. The van der Waals surface area contributed by atoms with Gasteiger partial charge < -0.3 is 15.2 Å². The number of amides is 1. The van der Waals surface area contributed by atoms with Gasteiger partial charge in [0.15, 0.2) is 0 Å². The fourth-order valence-corrected chi connectivity index (χ4v) is 2.25. The average molecular weight is 313 g/mol. The van der Waals surface area contributed by atoms with Crippen molar-refractivity contribution < 1.29 is 14.6 Å². The molecule has 122 valence electrons. The second-order valence-electron chi connectivity index (χ2n) is 5.85. The van der Waals surface area contributed by atoms with Gasteiger partial charge in [-0.15, -0.1) is 0 Å². The first kappa shape index (κ1) is 17.0. The predicted molar refractivity (Wildman–Crippen MR) is 91.7 cm³/mol. The summed E-state index contributed by atoms with van der Waals surface area (Å²) in [4.78, 5) is 12.3. The first-order valence-corrected chi connectivity index (χ1v) is 7.73. The van der Waals surface area contributed by atoms with Crippen molar-refractivity contribution in [2.24, 2.45) is 0 Å². The molecule has 0 aliphatic carbocycles. The van der Waals surface area contributed by atoms with E-state index < -0.39 is 11.5 Å². The van der Waals surface area contributed by atoms with E-state index in [-0.39, 0.29) is 6.42 Å². The molecule has 2 N–H and O–H groups in total. The zero-order valence-electron chi connectivity index (χ0n) is 13.8. The third-order valence-corrected chi connectivity index (χ3v) is 3.58. The molecular formula is C19H23NO3. The van der Waals surface area contributed by atoms with E-state index in [1.54, 1.807) is 0 Å². The number of aryl methyl sites for hydroxylation is 1. The second-order valence-corrected chi connectivity index (χ2v) is 5.85. The zero-order chi connectivity index (χ0) is 16.9. The maximum Gasteiger partial charge on any atom is 0.256 e. The fraction of sp³-hybridized carbons (Fsp3) is 0.316. The number of benzene rings is 2. The van der Waals surface area contributed by atoms with Crippen LogP contribution in [0.2, 0.25) is 0 Å². The Morgan fingerprint density at radius 3 is 2.30 bits per heavy atom. The highest BCUT2D eigenvalue weighted by atomic mass is 16.5. The number of carbonyl (C=O) groups is 1. The Balaban J connectivity index is 2.01. The van der Waals surface area contributed by atoms with Crippen molar-refractivity contribution in [2.75, 3.05) is 11.9 Å². The lowest BCUT2D eigenvalue weighted by atomic mass is 9.95. The summed E-state index contributed by atoms with van der Waals surface area (Å²) in [6.45, 7) is 6.03. The van der Waals surface area contributed by atoms with Crippen LogP contribution in [0.1, 0.15) is 25.0 Å². The summed E-state index contributed by atoms with van der Waals surface area (Å²) in [7, 11) is 0. The van der Waals surface area contributed by atoms with Crippen molar-refractivity contribution in [1.82, 2.24) is 0 Å². The number of anilines is 1. The molecule has 0 aromatic heterocycles. The van der Waals surface area contributed by atoms with Crippen molar-refractivity contribution in [3.63, 3.8) is 0 Å². The monoisotopic (exact) mass is 313 g/mol. The van der Waals surface area contributed by atoms with Crippen LogP contribution in [0.4, 0.5) is 5.69 Å². The molecule has 0 bridgehead atoms. The lowest BCUT2D eigenvalue weighted by Gasteiger charge is -2.22. The average Bonchev–Trinajstić information content (AvgIpc) is 2.51. The number of ether oxygens (including phenoxy) is 1. The summed E-state index contributed by atoms with van der Waals surface area (Å²) in [5.41, 5.74) is 1.17. The molecule has 1 unspecified atom stereocenters. The minimum Gasteiger partial charge on any atom is -0.494 e. The Morgan fingerprint density at radius 1 is 1.13 bits per heavy atom. The molecule has 0 saturated heterocycles. The van der Waals surface area contributed by atoms with Crippen molar-refractivity contribution in [2.45, 2.75) is 32.8 Å². The van der Waals surface area contributed by atoms with Crippen molar-refractivity contribution in [3.8, 4) is 5.75 Å². The van der Waals surface area contributed by atoms with E-state index >= 15 is 0 Å². The minimum atomic E-state index is -1.49. The number of aliphatic hydroxyl groups is 1. The molecule has 0 heterocycles. The van der Waals surface area contributed by atoms with Gasteiger partial charge in [0.25, 0.3) is 5.91 Å². The Labute approximate surface area is 137 Å². The van der Waals surface area contributed by atoms with Crippen LogP contribution in [-0.2, 0) is 11.2 Å². The maximum atomic E-state index is 12.3. The topological polar surface area (TPSA) is 58.6 Å². The SMILES string of the molecule is CCOc1ccc(CC(C)(O)C(=O)Nc2ccc(C)cc2)cc1. The molecule has 4 heteroatoms. The second kappa shape index (κ2) is 7.29. The molecule has 2 aromatic rings. The van der Waals surface area contributed by atoms with Gasteiger partial charge in [0.05, 0.1) is 6.61 Å². The molecule has 1 amide bonds. The van der Waals surface area contributed by atoms with Crippen LogP contribution in [-0.4, -0.2) is 23.2 Å². The first-order valence-electron chi connectivity index (χ1n) is 7.73. The molecule has 0 aliphatic heterocycles. The molecule has 0 radical (unpaired) electrons. The van der Waals surface area contributed by atoms with E-state index in [1.165, 1.54) is 6.92 Å². The van der Waals surface area contributed by atoms with Crippen molar-refractivity contribution in [1.29, 1.82) is 0 Å². The van der Waals surface area contributed by atoms with E-state index in [9.17, 15) is 9.90 Å². The van der Waals surface area contributed by atoms with Gasteiger partial charge in [-0.2, -0.15) is 0 Å². The molecule has 2 aromatic carbocycles. The lowest BCUT2D eigenvalue weighted by Crippen LogP contribution is -2.42. The summed E-state index contributed by atoms with van der Waals surface area (Å²) in [6, 6.07) is 14.9. The van der Waals surface area contributed by atoms with Gasteiger partial charge in [0.2, 0.25) is 0 Å². The van der Waals surface area contributed by atoms with Crippen molar-refractivity contribution >= 4 is 11.6 Å². The van der Waals surface area contributed by atoms with Gasteiger partial charge in [0.1, 0.15) is 11.4 Å². The Bertz CT molecular complexity index is 645. The number of nitrogens with one attached hydrogen (secondary N) is 1. The zero-order valence-corrected chi connectivity index (χ0v) is 13.8. The van der Waals surface area contributed by atoms with Crippen LogP contribution in [0.15, 0.2) is 48.5 Å². The highest BCUT2D eigenvalue weighted by Crippen LogP contribution is 2.19. The normalized spacial score (nSPS) is 13.2. The molecule has 0 saturated carbocycles. The molecule has 23 heavy (non-hydrogen) atoms. The largest absolute Gasteiger partial charge is 0.494 e. The Kier molecular flexibility index (Phi) is 5.40. The van der Waals surface area contributed by atoms with E-state index in [4.69, 9.17) is 4.74 Å². The maximum absolute atomic E-state index is 12.3. The summed E-state index contributed by atoms with van der Waals surface area (Å²) < 4.78 is 5.39. The predicted octanol–water partition coefficient (Wildman–Crippen LogP) is 3.33. The number of hydrogen-bond acceptors (Lipinski definition) is 3. The van der Waals surface area contributed by atoms with Crippen LogP contribution < -0.4 is 10.1 Å². The van der Waals surface area contributed by atoms with Crippen LogP contribution in [0.25, 0.3) is 0 Å². The van der Waals surface area contributed by atoms with Crippen LogP contribution in [0, 0.1) is 6.92 Å². The third-order valence-electron chi connectivity index (χ3n) is 3.58. The van der Waals surface area contributed by atoms with Crippen LogP contribution >= 0.6 is 0 Å². The molecule has 1 atom stereocenters. The fourth-order valence-electron chi connectivity index (χ4n) is 2.25. The number of hydrogen-bond donors (Lipinski definition) is 2. The molecule has 0 spiro atoms. The quantitative estimate of drug-likeness (QED) is 0.860. The lowest BCUT2D eigenvalue weighted by molar-refractivity contribution is -0.132. The summed E-state index contributed by atoms with van der Waals surface area (Å²) in [5.74, 6) is 0.357. The molecule has 0 aliphatic rings. The number of rotatable bonds is 6. The summed E-state index contributed by atoms with van der Waals surface area (Å²) in [5, 5.41) is 13.2. The van der Waals surface area contributed by atoms with E-state index in [0.717, 1.165) is 16.9 Å². The summed E-state index contributed by atoms with van der Waals surface area (Å²) >= 11 is 0. The van der Waals surface area contributed by atoms with Gasteiger partial charge in [-0.3, -0.25) is 4.79 Å². The van der Waals surface area contributed by atoms with Gasteiger partial charge >= 0.3 is 0 Å². The van der Waals surface area contributed by atoms with E-state index in [0.29, 0.717) is 12.3 Å². The van der Waals surface area contributed by atoms with E-state index in [2.05, 4.69) is 5.32 Å². The third kappa shape index (κ3) is 4.83. The minimum absolute atomic E-state index is 0.233. The van der Waals surface area contributed by atoms with Crippen molar-refractivity contribution in [3.05, 3.63) is 59.7 Å². The van der Waals surface area contributed by atoms with Gasteiger partial charge in [0, 0.05) is 12.1 Å². The molecule has 2 rings (SSSR count). The van der Waals surface area contributed by atoms with Gasteiger partial charge in [-0.1, -0.05) is 29.8 Å². The Morgan fingerprint density at radius 2 is 1.74 bits per heavy atom. The number of carbonyl (C=O) groups excluding carboxylic acids is 1. The summed E-state index contributed by atoms with van der Waals surface area (Å²) in [6.07, 6.45) is 0.233. The molecule has 4 nitrogen and oxygen atoms in total. The van der Waals surface area contributed by atoms with E-state index in [1.807, 2.05) is 62.4 Å².